The van der Waals surface area contributed by atoms with Gasteiger partial charge in [-0.25, -0.2) is 0 Å². The Labute approximate surface area is 112 Å². The number of amides is 1. The highest BCUT2D eigenvalue weighted by Gasteiger charge is 2.34. The molecule has 0 heterocycles. The molecule has 0 bridgehead atoms. The fourth-order valence-electron chi connectivity index (χ4n) is 3.32. The van der Waals surface area contributed by atoms with E-state index in [9.17, 15) is 4.79 Å². The van der Waals surface area contributed by atoms with E-state index in [-0.39, 0.29) is 11.8 Å². The minimum absolute atomic E-state index is 0.0116. The van der Waals surface area contributed by atoms with Gasteiger partial charge in [0.2, 0.25) is 5.91 Å². The smallest absolute Gasteiger partial charge is 0.224 e. The van der Waals surface area contributed by atoms with Crippen LogP contribution in [0, 0.1) is 17.3 Å². The predicted octanol–water partition coefficient (Wildman–Crippen LogP) is 2.69. The Morgan fingerprint density at radius 1 is 1.33 bits per heavy atom. The summed E-state index contributed by atoms with van der Waals surface area (Å²) in [5.74, 6) is 0.842. The number of nitrogens with two attached hydrogens (primary N) is 1. The van der Waals surface area contributed by atoms with Crippen molar-refractivity contribution < 1.29 is 4.79 Å². The summed E-state index contributed by atoms with van der Waals surface area (Å²) >= 11 is 0. The van der Waals surface area contributed by atoms with Gasteiger partial charge in [-0.2, -0.15) is 0 Å². The van der Waals surface area contributed by atoms with Gasteiger partial charge in [-0.1, -0.05) is 33.6 Å². The molecule has 0 radical (unpaired) electrons. The minimum atomic E-state index is -0.0116. The molecule has 3 N–H and O–H groups in total. The van der Waals surface area contributed by atoms with E-state index in [1.165, 1.54) is 32.1 Å². The third-order valence-electron chi connectivity index (χ3n) is 4.29. The topological polar surface area (TPSA) is 55.1 Å². The molecule has 1 unspecified atom stereocenters. The molecule has 0 saturated heterocycles. The second kappa shape index (κ2) is 7.13. The summed E-state index contributed by atoms with van der Waals surface area (Å²) in [6.07, 6.45) is 7.23. The van der Waals surface area contributed by atoms with E-state index in [1.807, 2.05) is 6.92 Å². The van der Waals surface area contributed by atoms with Crippen molar-refractivity contribution in [2.24, 2.45) is 23.0 Å². The normalized spacial score (nSPS) is 20.1. The molecule has 1 atom stereocenters. The molecule has 18 heavy (non-hydrogen) atoms. The molecule has 0 aromatic carbocycles. The minimum Gasteiger partial charge on any atom is -0.355 e. The van der Waals surface area contributed by atoms with Gasteiger partial charge in [0, 0.05) is 19.0 Å². The van der Waals surface area contributed by atoms with Gasteiger partial charge < -0.3 is 11.1 Å². The molecule has 1 rings (SSSR count). The molecule has 1 aliphatic rings. The first-order chi connectivity index (χ1) is 8.53. The number of rotatable bonds is 7. The van der Waals surface area contributed by atoms with Gasteiger partial charge >= 0.3 is 0 Å². The Bertz CT molecular complexity index is 253. The first kappa shape index (κ1) is 15.5. The lowest BCUT2D eigenvalue weighted by atomic mass is 9.78. The van der Waals surface area contributed by atoms with Crippen LogP contribution in [0.2, 0.25) is 0 Å². The van der Waals surface area contributed by atoms with E-state index >= 15 is 0 Å². The summed E-state index contributed by atoms with van der Waals surface area (Å²) < 4.78 is 0. The van der Waals surface area contributed by atoms with Gasteiger partial charge in [0.1, 0.15) is 0 Å². The zero-order valence-electron chi connectivity index (χ0n) is 12.3. The van der Waals surface area contributed by atoms with Crippen molar-refractivity contribution in [3.05, 3.63) is 0 Å². The van der Waals surface area contributed by atoms with Crippen molar-refractivity contribution in [3.8, 4) is 0 Å². The highest BCUT2D eigenvalue weighted by Crippen LogP contribution is 2.42. The lowest BCUT2D eigenvalue weighted by Crippen LogP contribution is -2.41. The van der Waals surface area contributed by atoms with Crippen LogP contribution < -0.4 is 11.1 Å². The van der Waals surface area contributed by atoms with Gasteiger partial charge in [0.15, 0.2) is 0 Å². The molecular formula is C15H30N2O. The molecule has 1 fully saturated rings. The number of nitrogens with one attached hydrogen (secondary N) is 1. The maximum Gasteiger partial charge on any atom is 0.224 e. The zero-order valence-corrected chi connectivity index (χ0v) is 12.3. The molecule has 0 aromatic heterocycles. The van der Waals surface area contributed by atoms with Crippen LogP contribution in [0.5, 0.6) is 0 Å². The summed E-state index contributed by atoms with van der Waals surface area (Å²) in [4.78, 5) is 12.0. The molecule has 3 nitrogen and oxygen atoms in total. The number of hydrogen-bond donors (Lipinski definition) is 2. The Hall–Kier alpha value is -0.570. The fourth-order valence-corrected chi connectivity index (χ4v) is 3.32. The summed E-state index contributed by atoms with van der Waals surface area (Å²) in [6, 6.07) is 0. The molecule has 0 aliphatic heterocycles. The second-order valence-corrected chi connectivity index (χ2v) is 6.36. The molecule has 1 aliphatic carbocycles. The van der Waals surface area contributed by atoms with Gasteiger partial charge in [0.25, 0.3) is 0 Å². The molecule has 106 valence electrons. The van der Waals surface area contributed by atoms with E-state index in [2.05, 4.69) is 19.2 Å². The molecule has 3 heteroatoms. The Kier molecular flexibility index (Phi) is 6.13. The molecule has 0 aromatic rings. The monoisotopic (exact) mass is 254 g/mol. The number of hydrogen-bond acceptors (Lipinski definition) is 2. The average molecular weight is 254 g/mol. The van der Waals surface area contributed by atoms with Gasteiger partial charge in [-0.15, -0.1) is 0 Å². The fraction of sp³-hybridized carbons (Fsp3) is 0.933. The van der Waals surface area contributed by atoms with E-state index in [1.54, 1.807) is 0 Å². The Morgan fingerprint density at radius 3 is 2.39 bits per heavy atom. The Balaban J connectivity index is 2.50. The maximum absolute atomic E-state index is 12.0. The van der Waals surface area contributed by atoms with Crippen LogP contribution in [0.25, 0.3) is 0 Å². The summed E-state index contributed by atoms with van der Waals surface area (Å²) in [7, 11) is 0. The third kappa shape index (κ3) is 4.27. The molecular weight excluding hydrogens is 224 g/mol. The van der Waals surface area contributed by atoms with Crippen LogP contribution in [0.4, 0.5) is 0 Å². The van der Waals surface area contributed by atoms with Crippen LogP contribution >= 0.6 is 0 Å². The first-order valence-electron chi connectivity index (χ1n) is 7.51. The summed E-state index contributed by atoms with van der Waals surface area (Å²) in [5.41, 5.74) is 5.98. The SMILES string of the molecule is CCC(CN)C(=O)NCC1(CC(C)C)CCCC1. The van der Waals surface area contributed by atoms with Crippen LogP contribution in [-0.2, 0) is 4.79 Å². The van der Waals surface area contributed by atoms with Gasteiger partial charge in [-0.3, -0.25) is 4.79 Å². The zero-order chi connectivity index (χ0) is 13.6. The maximum atomic E-state index is 12.0. The van der Waals surface area contributed by atoms with Crippen LogP contribution in [0.3, 0.4) is 0 Å². The quantitative estimate of drug-likeness (QED) is 0.734. The van der Waals surface area contributed by atoms with E-state index in [4.69, 9.17) is 5.73 Å². The van der Waals surface area contributed by atoms with Gasteiger partial charge in [-0.05, 0) is 37.0 Å². The highest BCUT2D eigenvalue weighted by molar-refractivity contribution is 5.78. The Morgan fingerprint density at radius 2 is 1.94 bits per heavy atom. The van der Waals surface area contributed by atoms with Crippen molar-refractivity contribution in [2.45, 2.75) is 59.3 Å². The standard InChI is InChI=1S/C15H30N2O/c1-4-13(10-16)14(18)17-11-15(9-12(2)3)7-5-6-8-15/h12-13H,4-11,16H2,1-3H3,(H,17,18). The average Bonchev–Trinajstić information content (AvgIpc) is 2.76. The molecule has 0 spiro atoms. The lowest BCUT2D eigenvalue weighted by molar-refractivity contribution is -0.125. The van der Waals surface area contributed by atoms with Crippen LogP contribution in [-0.4, -0.2) is 19.0 Å². The van der Waals surface area contributed by atoms with E-state index in [0.29, 0.717) is 17.9 Å². The van der Waals surface area contributed by atoms with Crippen LogP contribution in [0.15, 0.2) is 0 Å². The van der Waals surface area contributed by atoms with E-state index < -0.39 is 0 Å². The van der Waals surface area contributed by atoms with Crippen molar-refractivity contribution >= 4 is 5.91 Å². The van der Waals surface area contributed by atoms with E-state index in [0.717, 1.165) is 13.0 Å². The first-order valence-corrected chi connectivity index (χ1v) is 7.51. The van der Waals surface area contributed by atoms with Crippen LogP contribution in [0.1, 0.15) is 59.3 Å². The predicted molar refractivity (Wildman–Crippen MR) is 76.2 cm³/mol. The van der Waals surface area contributed by atoms with Gasteiger partial charge in [0.05, 0.1) is 0 Å². The van der Waals surface area contributed by atoms with Crippen molar-refractivity contribution in [1.82, 2.24) is 5.32 Å². The number of carbonyl (C=O) groups excluding carboxylic acids is 1. The lowest BCUT2D eigenvalue weighted by Gasteiger charge is -2.31. The molecule has 1 amide bonds. The van der Waals surface area contributed by atoms with Crippen molar-refractivity contribution in [3.63, 3.8) is 0 Å². The van der Waals surface area contributed by atoms with Crippen molar-refractivity contribution in [2.75, 3.05) is 13.1 Å². The van der Waals surface area contributed by atoms with Crippen molar-refractivity contribution in [1.29, 1.82) is 0 Å². The third-order valence-corrected chi connectivity index (χ3v) is 4.29. The largest absolute Gasteiger partial charge is 0.355 e. The summed E-state index contributed by atoms with van der Waals surface area (Å²) in [5, 5.41) is 3.15. The number of carbonyl (C=O) groups is 1. The highest BCUT2D eigenvalue weighted by atomic mass is 16.1. The second-order valence-electron chi connectivity index (χ2n) is 6.36. The molecule has 1 saturated carbocycles. The summed E-state index contributed by atoms with van der Waals surface area (Å²) in [6.45, 7) is 7.88.